The van der Waals surface area contributed by atoms with Crippen molar-refractivity contribution in [2.45, 2.75) is 32.9 Å². The molecule has 2 unspecified atom stereocenters. The van der Waals surface area contributed by atoms with E-state index in [2.05, 4.69) is 0 Å². The van der Waals surface area contributed by atoms with Gasteiger partial charge in [0.1, 0.15) is 12.8 Å². The lowest BCUT2D eigenvalue weighted by Gasteiger charge is -2.11. The molecule has 56 valence electrons. The molecule has 0 aliphatic carbocycles. The van der Waals surface area contributed by atoms with Crippen molar-refractivity contribution in [3.8, 4) is 0 Å². The molecule has 0 spiro atoms. The van der Waals surface area contributed by atoms with Crippen LogP contribution in [0.15, 0.2) is 0 Å². The van der Waals surface area contributed by atoms with Gasteiger partial charge in [-0.15, -0.1) is 0 Å². The molecule has 0 fully saturated rings. The van der Waals surface area contributed by atoms with E-state index >= 15 is 0 Å². The van der Waals surface area contributed by atoms with Crippen molar-refractivity contribution < 1.29 is 8.78 Å². The van der Waals surface area contributed by atoms with E-state index in [1.54, 1.807) is 6.92 Å². The zero-order chi connectivity index (χ0) is 7.28. The normalized spacial score (nSPS) is 17.3. The minimum atomic E-state index is -1.25. The molecule has 0 rings (SSSR count). The predicted molar refractivity (Wildman–Crippen MR) is 34.9 cm³/mol. The van der Waals surface area contributed by atoms with Gasteiger partial charge in [-0.3, -0.25) is 0 Å². The van der Waals surface area contributed by atoms with Crippen LogP contribution in [0.25, 0.3) is 0 Å². The van der Waals surface area contributed by atoms with E-state index in [4.69, 9.17) is 0 Å². The van der Waals surface area contributed by atoms with Gasteiger partial charge in [-0.1, -0.05) is 20.3 Å². The Morgan fingerprint density at radius 1 is 1.44 bits per heavy atom. The number of halogens is 2. The van der Waals surface area contributed by atoms with Crippen molar-refractivity contribution in [3.63, 3.8) is 0 Å². The molecule has 0 heterocycles. The molecule has 0 aromatic carbocycles. The summed E-state index contributed by atoms with van der Waals surface area (Å²) < 4.78 is 23.9. The Hall–Kier alpha value is -0.140. The third-order valence-electron chi connectivity index (χ3n) is 1.51. The second-order valence-electron chi connectivity index (χ2n) is 2.44. The molecule has 0 aliphatic heterocycles. The van der Waals surface area contributed by atoms with Crippen LogP contribution >= 0.6 is 0 Å². The van der Waals surface area contributed by atoms with Gasteiger partial charge in [-0.05, 0) is 12.3 Å². The van der Waals surface area contributed by atoms with Gasteiger partial charge in [-0.2, -0.15) is 0 Å². The lowest BCUT2D eigenvalue weighted by Crippen LogP contribution is -2.14. The Balaban J connectivity index is 3.32. The molecule has 0 nitrogen and oxygen atoms in total. The van der Waals surface area contributed by atoms with Crippen LogP contribution in [-0.4, -0.2) is 12.8 Å². The minimum Gasteiger partial charge on any atom is -0.248 e. The fourth-order valence-electron chi connectivity index (χ4n) is 0.788. The van der Waals surface area contributed by atoms with Gasteiger partial charge < -0.3 is 0 Å². The first kappa shape index (κ1) is 8.86. The molecular formula is C7H14F2. The van der Waals surface area contributed by atoms with Crippen molar-refractivity contribution in [2.75, 3.05) is 6.67 Å². The van der Waals surface area contributed by atoms with E-state index in [1.165, 1.54) is 0 Å². The van der Waals surface area contributed by atoms with Crippen LogP contribution in [0.3, 0.4) is 0 Å². The van der Waals surface area contributed by atoms with Gasteiger partial charge in [-0.25, -0.2) is 8.78 Å². The van der Waals surface area contributed by atoms with Crippen LogP contribution < -0.4 is 0 Å². The average Bonchev–Trinajstić information content (AvgIpc) is 1.87. The fourth-order valence-corrected chi connectivity index (χ4v) is 0.788. The van der Waals surface area contributed by atoms with Crippen LogP contribution in [0.2, 0.25) is 0 Å². The Morgan fingerprint density at radius 2 is 2.00 bits per heavy atom. The van der Waals surface area contributed by atoms with Crippen molar-refractivity contribution >= 4 is 0 Å². The molecule has 0 bridgehead atoms. The molecule has 0 N–H and O–H groups in total. The smallest absolute Gasteiger partial charge is 0.131 e. The summed E-state index contributed by atoms with van der Waals surface area (Å²) in [5.41, 5.74) is 0. The third kappa shape index (κ3) is 3.44. The van der Waals surface area contributed by atoms with Gasteiger partial charge in [0.2, 0.25) is 0 Å². The standard InChI is InChI=1S/C7H14F2/c1-3-4-6(2)7(9)5-8/h6-7H,3-5H2,1-2H3. The SMILES string of the molecule is CCCC(C)C(F)CF. The van der Waals surface area contributed by atoms with E-state index in [0.717, 1.165) is 12.8 Å². The predicted octanol–water partition coefficient (Wildman–Crippen LogP) is 2.73. The van der Waals surface area contributed by atoms with Crippen LogP contribution in [0.5, 0.6) is 0 Å². The number of rotatable bonds is 4. The van der Waals surface area contributed by atoms with Gasteiger partial charge in [0.25, 0.3) is 0 Å². The molecule has 0 saturated carbocycles. The summed E-state index contributed by atoms with van der Waals surface area (Å²) in [7, 11) is 0. The summed E-state index contributed by atoms with van der Waals surface area (Å²) in [6.45, 7) is 2.89. The Bertz CT molecular complexity index is 63.9. The highest BCUT2D eigenvalue weighted by Gasteiger charge is 2.13. The highest BCUT2D eigenvalue weighted by Crippen LogP contribution is 2.13. The highest BCUT2D eigenvalue weighted by atomic mass is 19.2. The van der Waals surface area contributed by atoms with Crippen molar-refractivity contribution in [1.82, 2.24) is 0 Å². The maximum Gasteiger partial charge on any atom is 0.131 e. The molecule has 0 aromatic rings. The lowest BCUT2D eigenvalue weighted by molar-refractivity contribution is 0.184. The second kappa shape index (κ2) is 4.71. The Kier molecular flexibility index (Phi) is 4.64. The molecule has 2 atom stereocenters. The molecular weight excluding hydrogens is 122 g/mol. The largest absolute Gasteiger partial charge is 0.248 e. The minimum absolute atomic E-state index is 0.111. The van der Waals surface area contributed by atoms with Gasteiger partial charge in [0.05, 0.1) is 0 Å². The van der Waals surface area contributed by atoms with Crippen LogP contribution in [0, 0.1) is 5.92 Å². The van der Waals surface area contributed by atoms with E-state index in [0.29, 0.717) is 0 Å². The molecule has 2 heteroatoms. The summed E-state index contributed by atoms with van der Waals surface area (Å²) in [6.07, 6.45) is 0.470. The first-order valence-corrected chi connectivity index (χ1v) is 3.42. The molecule has 0 saturated heterocycles. The number of alkyl halides is 2. The topological polar surface area (TPSA) is 0 Å². The lowest BCUT2D eigenvalue weighted by atomic mass is 10.0. The van der Waals surface area contributed by atoms with Gasteiger partial charge >= 0.3 is 0 Å². The molecule has 0 amide bonds. The monoisotopic (exact) mass is 136 g/mol. The van der Waals surface area contributed by atoms with Crippen molar-refractivity contribution in [2.24, 2.45) is 5.92 Å². The zero-order valence-electron chi connectivity index (χ0n) is 6.03. The Morgan fingerprint density at radius 3 is 2.33 bits per heavy atom. The van der Waals surface area contributed by atoms with E-state index in [1.807, 2.05) is 6.92 Å². The maximum absolute atomic E-state index is 12.3. The van der Waals surface area contributed by atoms with Crippen molar-refractivity contribution in [1.29, 1.82) is 0 Å². The first-order valence-electron chi connectivity index (χ1n) is 3.42. The maximum atomic E-state index is 12.3. The summed E-state index contributed by atoms with van der Waals surface area (Å²) in [5, 5.41) is 0. The number of hydrogen-bond donors (Lipinski definition) is 0. The molecule has 0 aliphatic rings. The quantitative estimate of drug-likeness (QED) is 0.557. The molecule has 0 radical (unpaired) electrons. The van der Waals surface area contributed by atoms with E-state index < -0.39 is 12.8 Å². The third-order valence-corrected chi connectivity index (χ3v) is 1.51. The highest BCUT2D eigenvalue weighted by molar-refractivity contribution is 4.62. The van der Waals surface area contributed by atoms with Gasteiger partial charge in [0, 0.05) is 0 Å². The Labute approximate surface area is 55.3 Å². The van der Waals surface area contributed by atoms with E-state index in [9.17, 15) is 8.78 Å². The van der Waals surface area contributed by atoms with Crippen LogP contribution in [0.4, 0.5) is 8.78 Å². The van der Waals surface area contributed by atoms with Gasteiger partial charge in [0.15, 0.2) is 0 Å². The molecule has 0 aromatic heterocycles. The first-order chi connectivity index (χ1) is 4.22. The summed E-state index contributed by atoms with van der Waals surface area (Å²) >= 11 is 0. The molecule has 9 heavy (non-hydrogen) atoms. The summed E-state index contributed by atoms with van der Waals surface area (Å²) in [5.74, 6) is -0.111. The fraction of sp³-hybridized carbons (Fsp3) is 1.00. The summed E-state index contributed by atoms with van der Waals surface area (Å²) in [4.78, 5) is 0. The zero-order valence-corrected chi connectivity index (χ0v) is 6.03. The van der Waals surface area contributed by atoms with Crippen molar-refractivity contribution in [3.05, 3.63) is 0 Å². The van der Waals surface area contributed by atoms with Crippen LogP contribution in [0.1, 0.15) is 26.7 Å². The van der Waals surface area contributed by atoms with E-state index in [-0.39, 0.29) is 5.92 Å². The number of hydrogen-bond acceptors (Lipinski definition) is 0. The van der Waals surface area contributed by atoms with Crippen LogP contribution in [-0.2, 0) is 0 Å². The second-order valence-corrected chi connectivity index (χ2v) is 2.44. The summed E-state index contributed by atoms with van der Waals surface area (Å²) in [6, 6.07) is 0. The average molecular weight is 136 g/mol.